The molecule has 0 unspecified atom stereocenters. The Hall–Kier alpha value is -3.67. The summed E-state index contributed by atoms with van der Waals surface area (Å²) in [7, 11) is 1.36. The quantitative estimate of drug-likeness (QED) is 0.188. The van der Waals surface area contributed by atoms with Crippen molar-refractivity contribution in [3.05, 3.63) is 53.1 Å². The van der Waals surface area contributed by atoms with Crippen molar-refractivity contribution in [2.75, 3.05) is 38.2 Å². The van der Waals surface area contributed by atoms with Gasteiger partial charge in [-0.3, -0.25) is 4.79 Å². The summed E-state index contributed by atoms with van der Waals surface area (Å²) in [5.74, 6) is 3.51. The number of benzene rings is 2. The number of likely N-dealkylation sites (tertiary alicyclic amines) is 1. The van der Waals surface area contributed by atoms with E-state index in [0.29, 0.717) is 48.7 Å². The van der Waals surface area contributed by atoms with E-state index in [1.54, 1.807) is 18.2 Å². The minimum absolute atomic E-state index is 0.0273. The van der Waals surface area contributed by atoms with Gasteiger partial charge in [-0.25, -0.2) is 10.1 Å². The van der Waals surface area contributed by atoms with Crippen molar-refractivity contribution < 1.29 is 24.2 Å². The Morgan fingerprint density at radius 3 is 2.20 bits per heavy atom. The molecule has 2 aromatic rings. The van der Waals surface area contributed by atoms with Gasteiger partial charge in [-0.1, -0.05) is 54.3 Å². The largest absolute Gasteiger partial charge is 0.508 e. The highest BCUT2D eigenvalue weighted by Crippen LogP contribution is 2.45. The van der Waals surface area contributed by atoms with Crippen molar-refractivity contribution in [1.29, 1.82) is 5.26 Å². The smallest absolute Gasteiger partial charge is 0.341 e. The van der Waals surface area contributed by atoms with Gasteiger partial charge >= 0.3 is 5.97 Å². The van der Waals surface area contributed by atoms with Gasteiger partial charge in [-0.2, -0.15) is 0 Å². The minimum Gasteiger partial charge on any atom is -0.508 e. The van der Waals surface area contributed by atoms with Crippen LogP contribution in [0.1, 0.15) is 125 Å². The zero-order valence-electron chi connectivity index (χ0n) is 31.4. The van der Waals surface area contributed by atoms with Crippen molar-refractivity contribution in [1.82, 2.24) is 4.90 Å². The summed E-state index contributed by atoms with van der Waals surface area (Å²) in [6.45, 7) is 17.8. The zero-order valence-corrected chi connectivity index (χ0v) is 31.4. The highest BCUT2D eigenvalue weighted by Gasteiger charge is 2.32. The molecule has 0 atom stereocenters. The van der Waals surface area contributed by atoms with Crippen LogP contribution in [0.4, 0.5) is 5.69 Å². The maximum atomic E-state index is 13.6. The van der Waals surface area contributed by atoms with Gasteiger partial charge in [0.05, 0.1) is 7.11 Å². The molecule has 0 spiro atoms. The molecule has 1 N–H and O–H groups in total. The second-order valence-corrected chi connectivity index (χ2v) is 14.9. The number of nitrogens with zero attached hydrogens (tertiary/aromatic N) is 3. The molecule has 2 fully saturated rings. The lowest BCUT2D eigenvalue weighted by Crippen LogP contribution is -2.42. The zero-order chi connectivity index (χ0) is 36.1. The second-order valence-electron chi connectivity index (χ2n) is 14.9. The van der Waals surface area contributed by atoms with Crippen LogP contribution in [0.15, 0.2) is 36.4 Å². The molecule has 1 saturated carbocycles. The number of unbranched alkanes of at least 4 members (excludes halogenated alkanes) is 1. The van der Waals surface area contributed by atoms with Gasteiger partial charge in [0.1, 0.15) is 23.2 Å². The van der Waals surface area contributed by atoms with E-state index in [2.05, 4.69) is 52.4 Å². The summed E-state index contributed by atoms with van der Waals surface area (Å²) in [5.41, 5.74) is 3.09. The molecular weight excluding hydrogens is 613 g/mol. The SMILES string of the molecule is CCCC.CCN(CCB(C)C#N)c1ccc(C(=O)OC)c(OC2CCN(C(=O)c3ccc(O)c(C4CCC(C(C)(C)C)CC4)c3)CC2)c1. The summed E-state index contributed by atoms with van der Waals surface area (Å²) in [4.78, 5) is 30.2. The molecule has 8 nitrogen and oxygen atoms in total. The first-order valence-electron chi connectivity index (χ1n) is 18.5. The van der Waals surface area contributed by atoms with Gasteiger partial charge in [0.15, 0.2) is 0 Å². The number of amides is 1. The lowest BCUT2D eigenvalue weighted by atomic mass is 9.51. The Morgan fingerprint density at radius 1 is 1.00 bits per heavy atom. The molecule has 0 aromatic heterocycles. The van der Waals surface area contributed by atoms with Crippen LogP contribution in [-0.2, 0) is 4.74 Å². The van der Waals surface area contributed by atoms with Crippen LogP contribution >= 0.6 is 0 Å². The first-order valence-corrected chi connectivity index (χ1v) is 18.5. The fourth-order valence-corrected chi connectivity index (χ4v) is 6.79. The van der Waals surface area contributed by atoms with Crippen LogP contribution in [0.25, 0.3) is 0 Å². The molecular formula is C40H60BN3O5. The van der Waals surface area contributed by atoms with Crippen LogP contribution in [-0.4, -0.2) is 68.0 Å². The molecule has 1 saturated heterocycles. The molecule has 1 aliphatic heterocycles. The summed E-state index contributed by atoms with van der Waals surface area (Å²) < 4.78 is 11.4. The number of methoxy groups -OCH3 is 1. The number of carbonyl (C=O) groups excluding carboxylic acids is 2. The van der Waals surface area contributed by atoms with Gasteiger partial charge in [0.25, 0.3) is 12.6 Å². The third kappa shape index (κ3) is 11.2. The Morgan fingerprint density at radius 2 is 1.65 bits per heavy atom. The van der Waals surface area contributed by atoms with Crippen molar-refractivity contribution in [3.8, 4) is 17.5 Å². The number of phenols is 1. The number of rotatable bonds is 11. The molecule has 0 radical (unpaired) electrons. The van der Waals surface area contributed by atoms with Crippen LogP contribution < -0.4 is 9.64 Å². The van der Waals surface area contributed by atoms with Crippen molar-refractivity contribution in [2.45, 2.75) is 118 Å². The van der Waals surface area contributed by atoms with E-state index >= 15 is 0 Å². The lowest BCUT2D eigenvalue weighted by Gasteiger charge is -2.37. The maximum absolute atomic E-state index is 13.6. The fraction of sp³-hybridized carbons (Fsp3) is 0.625. The molecule has 268 valence electrons. The first-order chi connectivity index (χ1) is 23.4. The molecule has 2 aliphatic rings. The number of nitriles is 1. The predicted molar refractivity (Wildman–Crippen MR) is 200 cm³/mol. The van der Waals surface area contributed by atoms with Gasteiger partial charge < -0.3 is 24.4 Å². The van der Waals surface area contributed by atoms with Gasteiger partial charge in [0.2, 0.25) is 0 Å². The van der Waals surface area contributed by atoms with Crippen LogP contribution in [0.5, 0.6) is 11.5 Å². The highest BCUT2D eigenvalue weighted by molar-refractivity contribution is 6.65. The van der Waals surface area contributed by atoms with Gasteiger partial charge in [-0.05, 0) is 92.1 Å². The van der Waals surface area contributed by atoms with Crippen molar-refractivity contribution in [2.24, 2.45) is 11.3 Å². The molecule has 2 aromatic carbocycles. The van der Waals surface area contributed by atoms with E-state index in [9.17, 15) is 20.0 Å². The normalized spacial score (nSPS) is 18.1. The highest BCUT2D eigenvalue weighted by atomic mass is 16.5. The molecule has 9 heteroatoms. The van der Waals surface area contributed by atoms with Crippen molar-refractivity contribution in [3.63, 3.8) is 0 Å². The Bertz CT molecular complexity index is 1400. The second kappa shape index (κ2) is 18.9. The van der Waals surface area contributed by atoms with E-state index in [0.717, 1.165) is 56.3 Å². The monoisotopic (exact) mass is 673 g/mol. The number of ether oxygens (including phenoxy) is 2. The van der Waals surface area contributed by atoms with E-state index in [4.69, 9.17) is 9.47 Å². The third-order valence-corrected chi connectivity index (χ3v) is 10.4. The van der Waals surface area contributed by atoms with E-state index in [1.807, 2.05) is 29.9 Å². The Labute approximate surface area is 296 Å². The number of anilines is 1. The van der Waals surface area contributed by atoms with Crippen molar-refractivity contribution >= 4 is 24.3 Å². The molecule has 1 amide bonds. The van der Waals surface area contributed by atoms with Gasteiger partial charge in [-0.15, -0.1) is 0 Å². The molecule has 4 rings (SSSR count). The number of piperidine rings is 1. The Balaban J connectivity index is 0.00000154. The van der Waals surface area contributed by atoms with Crippen LogP contribution in [0.2, 0.25) is 13.1 Å². The standard InChI is InChI=1S/C36H50BN3O5.C4H10/c1-7-39(21-18-37(5)24-38)28-13-14-30(35(43)44-6)33(23-28)45-29-16-19-40(20-17-29)34(42)26-10-15-32(41)31(22-26)25-8-11-27(12-9-25)36(2,3)4;1-3-4-2/h10,13-15,22-23,25,27,29,41H,7-9,11-12,16-21H2,1-6H3;3-4H2,1-2H3. The van der Waals surface area contributed by atoms with Gasteiger partial charge in [0, 0.05) is 62.3 Å². The number of esters is 1. The summed E-state index contributed by atoms with van der Waals surface area (Å²) in [5, 5.41) is 19.9. The maximum Gasteiger partial charge on any atom is 0.341 e. The van der Waals surface area contributed by atoms with E-state index in [-0.39, 0.29) is 35.8 Å². The van der Waals surface area contributed by atoms with E-state index < -0.39 is 5.97 Å². The first kappa shape index (κ1) is 39.8. The number of carbonyl (C=O) groups is 2. The lowest BCUT2D eigenvalue weighted by molar-refractivity contribution is 0.0563. The summed E-state index contributed by atoms with van der Waals surface area (Å²) in [6.07, 6.45) is 8.82. The molecule has 49 heavy (non-hydrogen) atoms. The fourth-order valence-electron chi connectivity index (χ4n) is 6.79. The minimum atomic E-state index is -0.458. The third-order valence-electron chi connectivity index (χ3n) is 10.4. The summed E-state index contributed by atoms with van der Waals surface area (Å²) in [6, 6.07) is 10.8. The number of hydrogen-bond acceptors (Lipinski definition) is 7. The number of phenolic OH excluding ortho intramolecular Hbond substituents is 1. The average molecular weight is 674 g/mol. The topological polar surface area (TPSA) is 103 Å². The molecule has 1 aliphatic carbocycles. The molecule has 0 bridgehead atoms. The average Bonchev–Trinajstić information content (AvgIpc) is 3.11. The number of hydrogen-bond donors (Lipinski definition) is 1. The van der Waals surface area contributed by atoms with E-state index in [1.165, 1.54) is 20.0 Å². The van der Waals surface area contributed by atoms with Crippen LogP contribution in [0.3, 0.4) is 0 Å². The predicted octanol–water partition coefficient (Wildman–Crippen LogP) is 9.00. The molecule has 1 heterocycles. The Kier molecular flexibility index (Phi) is 15.4. The summed E-state index contributed by atoms with van der Waals surface area (Å²) >= 11 is 0. The number of aromatic hydroxyl groups is 1. The van der Waals surface area contributed by atoms with Crippen LogP contribution in [0, 0.1) is 22.6 Å².